The first-order chi connectivity index (χ1) is 10.2. The van der Waals surface area contributed by atoms with Crippen molar-refractivity contribution in [3.8, 4) is 0 Å². The van der Waals surface area contributed by atoms with Crippen LogP contribution in [0.3, 0.4) is 0 Å². The van der Waals surface area contributed by atoms with Gasteiger partial charge >= 0.3 is 0 Å². The second-order valence-corrected chi connectivity index (χ2v) is 6.59. The molecule has 0 atom stereocenters. The molecule has 0 radical (unpaired) electrons. The minimum absolute atomic E-state index is 0.310. The third kappa shape index (κ3) is 3.14. The average molecular weight is 293 g/mol. The van der Waals surface area contributed by atoms with Crippen LogP contribution in [0.15, 0.2) is 4.52 Å². The molecule has 21 heavy (non-hydrogen) atoms. The fourth-order valence-corrected chi connectivity index (χ4v) is 3.59. The highest BCUT2D eigenvalue weighted by Gasteiger charge is 2.41. The van der Waals surface area contributed by atoms with Crippen LogP contribution >= 0.6 is 0 Å². The smallest absolute Gasteiger partial charge is 0.229 e. The molecule has 0 amide bonds. The van der Waals surface area contributed by atoms with Gasteiger partial charge in [0, 0.05) is 12.5 Å². The van der Waals surface area contributed by atoms with Crippen LogP contribution in [0.5, 0.6) is 0 Å². The highest BCUT2D eigenvalue weighted by Crippen LogP contribution is 2.41. The molecule has 2 fully saturated rings. The number of ether oxygens (including phenoxy) is 1. The lowest BCUT2D eigenvalue weighted by molar-refractivity contribution is -0.0847. The van der Waals surface area contributed by atoms with E-state index in [4.69, 9.17) is 14.2 Å². The normalized spacial score (nSPS) is 31.4. The minimum atomic E-state index is -0.310. The first kappa shape index (κ1) is 15.0. The molecule has 0 spiro atoms. The Hall–Kier alpha value is -0.940. The van der Waals surface area contributed by atoms with E-state index in [1.54, 1.807) is 0 Å². The van der Waals surface area contributed by atoms with Gasteiger partial charge in [0.05, 0.1) is 0 Å². The molecule has 1 aliphatic heterocycles. The average Bonchev–Trinajstić information content (AvgIpc) is 3.01. The summed E-state index contributed by atoms with van der Waals surface area (Å²) < 4.78 is 11.7. The Balaban J connectivity index is 1.78. The third-order valence-corrected chi connectivity index (χ3v) is 5.04. The zero-order chi connectivity index (χ0) is 14.7. The van der Waals surface area contributed by atoms with Gasteiger partial charge in [-0.1, -0.05) is 12.1 Å². The van der Waals surface area contributed by atoms with E-state index in [1.807, 2.05) is 6.92 Å². The number of nitrogens with one attached hydrogen (secondary N) is 1. The molecule has 1 aliphatic carbocycles. The molecule has 1 aromatic rings. The molecule has 0 bridgehead atoms. The van der Waals surface area contributed by atoms with Gasteiger partial charge in [0.1, 0.15) is 5.60 Å². The zero-order valence-corrected chi connectivity index (χ0v) is 13.2. The first-order valence-corrected chi connectivity index (χ1v) is 8.42. The molecule has 5 heteroatoms. The molecule has 0 aromatic carbocycles. The Kier molecular flexibility index (Phi) is 4.60. The van der Waals surface area contributed by atoms with E-state index in [2.05, 4.69) is 17.4 Å². The molecule has 1 aromatic heterocycles. The van der Waals surface area contributed by atoms with Crippen LogP contribution in [0.1, 0.15) is 70.0 Å². The van der Waals surface area contributed by atoms with Crippen LogP contribution in [0, 0.1) is 5.92 Å². The Morgan fingerprint density at radius 1 is 1.24 bits per heavy atom. The van der Waals surface area contributed by atoms with E-state index in [9.17, 15) is 0 Å². The lowest BCUT2D eigenvalue weighted by Gasteiger charge is -2.36. The minimum Gasteiger partial charge on any atom is -0.367 e. The Morgan fingerprint density at radius 3 is 2.62 bits per heavy atom. The lowest BCUT2D eigenvalue weighted by Crippen LogP contribution is -2.35. The lowest BCUT2D eigenvalue weighted by atomic mass is 9.79. The summed E-state index contributed by atoms with van der Waals surface area (Å²) in [6, 6.07) is 0. The predicted molar refractivity (Wildman–Crippen MR) is 80.1 cm³/mol. The fraction of sp³-hybridized carbons (Fsp3) is 0.875. The summed E-state index contributed by atoms with van der Waals surface area (Å²) in [5.74, 6) is 2.78. The first-order valence-electron chi connectivity index (χ1n) is 8.42. The standard InChI is InChI=1S/C16H27N3O2/c1-3-20-16(8-4-12(2)5-9-16)15-18-14(21-19-15)13-6-10-17-11-7-13/h12-13,17H,3-11H2,1-2H3. The molecule has 1 N–H and O–H groups in total. The van der Waals surface area contributed by atoms with Gasteiger partial charge in [-0.05, 0) is 64.5 Å². The van der Waals surface area contributed by atoms with Gasteiger partial charge in [0.15, 0.2) is 0 Å². The maximum absolute atomic E-state index is 6.11. The van der Waals surface area contributed by atoms with Crippen LogP contribution in [0.25, 0.3) is 0 Å². The molecule has 5 nitrogen and oxygen atoms in total. The SMILES string of the molecule is CCOC1(c2noc(C3CCNCC3)n2)CCC(C)CC1. The summed E-state index contributed by atoms with van der Waals surface area (Å²) >= 11 is 0. The second-order valence-electron chi connectivity index (χ2n) is 6.59. The van der Waals surface area contributed by atoms with Crippen molar-refractivity contribution in [3.63, 3.8) is 0 Å². The van der Waals surface area contributed by atoms with E-state index < -0.39 is 0 Å². The van der Waals surface area contributed by atoms with Gasteiger partial charge in [-0.15, -0.1) is 0 Å². The van der Waals surface area contributed by atoms with Gasteiger partial charge in [-0.25, -0.2) is 0 Å². The van der Waals surface area contributed by atoms with Crippen molar-refractivity contribution in [3.05, 3.63) is 11.7 Å². The van der Waals surface area contributed by atoms with E-state index in [-0.39, 0.29) is 5.60 Å². The molecule has 1 saturated heterocycles. The number of hydrogen-bond acceptors (Lipinski definition) is 5. The van der Waals surface area contributed by atoms with Gasteiger partial charge in [-0.3, -0.25) is 0 Å². The van der Waals surface area contributed by atoms with Crippen molar-refractivity contribution < 1.29 is 9.26 Å². The quantitative estimate of drug-likeness (QED) is 0.924. The molecular weight excluding hydrogens is 266 g/mol. The molecule has 2 heterocycles. The number of aromatic nitrogens is 2. The fourth-order valence-electron chi connectivity index (χ4n) is 3.59. The topological polar surface area (TPSA) is 60.2 Å². The van der Waals surface area contributed by atoms with E-state index in [0.29, 0.717) is 12.5 Å². The summed E-state index contributed by atoms with van der Waals surface area (Å²) in [6.07, 6.45) is 6.54. The highest BCUT2D eigenvalue weighted by atomic mass is 16.5. The van der Waals surface area contributed by atoms with Crippen molar-refractivity contribution in [2.24, 2.45) is 5.92 Å². The van der Waals surface area contributed by atoms with Crippen LogP contribution in [-0.4, -0.2) is 29.8 Å². The molecule has 2 aliphatic rings. The summed E-state index contributed by atoms with van der Waals surface area (Å²) in [5, 5.41) is 7.67. The molecule has 0 unspecified atom stereocenters. The van der Waals surface area contributed by atoms with Crippen molar-refractivity contribution in [2.45, 2.75) is 63.9 Å². The Labute approximate surface area is 126 Å². The highest BCUT2D eigenvalue weighted by molar-refractivity contribution is 5.06. The van der Waals surface area contributed by atoms with Gasteiger partial charge in [0.2, 0.25) is 11.7 Å². The number of piperidine rings is 1. The summed E-state index contributed by atoms with van der Waals surface area (Å²) in [7, 11) is 0. The number of hydrogen-bond donors (Lipinski definition) is 1. The summed E-state index contributed by atoms with van der Waals surface area (Å²) in [6.45, 7) is 7.14. The number of rotatable bonds is 4. The Bertz CT molecular complexity index is 446. The van der Waals surface area contributed by atoms with Crippen molar-refractivity contribution in [1.29, 1.82) is 0 Å². The summed E-state index contributed by atoms with van der Waals surface area (Å²) in [5.41, 5.74) is -0.310. The van der Waals surface area contributed by atoms with E-state index in [1.165, 1.54) is 12.8 Å². The maximum Gasteiger partial charge on any atom is 0.229 e. The molecular formula is C16H27N3O2. The second kappa shape index (κ2) is 6.44. The van der Waals surface area contributed by atoms with Crippen LogP contribution < -0.4 is 5.32 Å². The number of nitrogens with zero attached hydrogens (tertiary/aromatic N) is 2. The predicted octanol–water partition coefficient (Wildman–Crippen LogP) is 2.98. The van der Waals surface area contributed by atoms with Crippen molar-refractivity contribution in [2.75, 3.05) is 19.7 Å². The van der Waals surface area contributed by atoms with Gasteiger partial charge < -0.3 is 14.6 Å². The van der Waals surface area contributed by atoms with Crippen LogP contribution in [-0.2, 0) is 10.3 Å². The monoisotopic (exact) mass is 293 g/mol. The molecule has 1 saturated carbocycles. The maximum atomic E-state index is 6.11. The molecule has 3 rings (SSSR count). The van der Waals surface area contributed by atoms with Crippen molar-refractivity contribution in [1.82, 2.24) is 15.5 Å². The Morgan fingerprint density at radius 2 is 1.95 bits per heavy atom. The van der Waals surface area contributed by atoms with E-state index >= 15 is 0 Å². The molecule has 118 valence electrons. The zero-order valence-electron chi connectivity index (χ0n) is 13.2. The van der Waals surface area contributed by atoms with Crippen LogP contribution in [0.4, 0.5) is 0 Å². The van der Waals surface area contributed by atoms with Gasteiger partial charge in [-0.2, -0.15) is 4.98 Å². The van der Waals surface area contributed by atoms with Gasteiger partial charge in [0.25, 0.3) is 0 Å². The van der Waals surface area contributed by atoms with Crippen LogP contribution in [0.2, 0.25) is 0 Å². The van der Waals surface area contributed by atoms with E-state index in [0.717, 1.165) is 56.4 Å². The summed E-state index contributed by atoms with van der Waals surface area (Å²) in [4.78, 5) is 4.74. The third-order valence-electron chi connectivity index (χ3n) is 5.04. The van der Waals surface area contributed by atoms with Crippen molar-refractivity contribution >= 4 is 0 Å². The largest absolute Gasteiger partial charge is 0.367 e.